The van der Waals surface area contributed by atoms with Crippen LogP contribution in [0.15, 0.2) is 36.4 Å². The molecular weight excluding hydrogens is 284 g/mol. The van der Waals surface area contributed by atoms with Crippen LogP contribution in [0.3, 0.4) is 0 Å². The van der Waals surface area contributed by atoms with E-state index in [0.29, 0.717) is 6.61 Å². The molecule has 0 aliphatic rings. The molecule has 0 aliphatic heterocycles. The van der Waals surface area contributed by atoms with Gasteiger partial charge < -0.3 is 9.47 Å². The second-order valence-electron chi connectivity index (χ2n) is 5.93. The van der Waals surface area contributed by atoms with Crippen molar-refractivity contribution in [2.24, 2.45) is 0 Å². The first-order valence-corrected chi connectivity index (χ1v) is 7.87. The maximum atomic E-state index is 5.84. The number of hydrogen-bond acceptors (Lipinski definition) is 2. The summed E-state index contributed by atoms with van der Waals surface area (Å²) in [6.45, 7) is 8.72. The number of rotatable bonds is 4. The Hall–Kier alpha value is -2.24. The van der Waals surface area contributed by atoms with Crippen LogP contribution in [-0.2, 0) is 4.74 Å². The fraction of sp³-hybridized carbons (Fsp3) is 0.333. The third-order valence-electron chi connectivity index (χ3n) is 3.49. The Balaban J connectivity index is 2.52. The Morgan fingerprint density at radius 2 is 1.78 bits per heavy atom. The van der Waals surface area contributed by atoms with Crippen LogP contribution in [0, 0.1) is 25.7 Å². The zero-order chi connectivity index (χ0) is 16.8. The smallest absolute Gasteiger partial charge is 0.120 e. The highest BCUT2D eigenvalue weighted by Crippen LogP contribution is 2.31. The van der Waals surface area contributed by atoms with Crippen molar-refractivity contribution in [3.05, 3.63) is 53.1 Å². The molecule has 0 aromatic heterocycles. The second kappa shape index (κ2) is 7.85. The highest BCUT2D eigenvalue weighted by molar-refractivity contribution is 5.75. The molecule has 0 saturated carbocycles. The summed E-state index contributed by atoms with van der Waals surface area (Å²) in [4.78, 5) is 0. The lowest BCUT2D eigenvalue weighted by Gasteiger charge is -2.14. The number of hydrogen-bond donors (Lipinski definition) is 0. The van der Waals surface area contributed by atoms with Crippen molar-refractivity contribution in [2.75, 3.05) is 13.7 Å². The van der Waals surface area contributed by atoms with Gasteiger partial charge in [0.2, 0.25) is 0 Å². The highest BCUT2D eigenvalue weighted by atomic mass is 16.5. The molecule has 2 aromatic rings. The van der Waals surface area contributed by atoms with Gasteiger partial charge >= 0.3 is 0 Å². The van der Waals surface area contributed by atoms with Gasteiger partial charge in [-0.3, -0.25) is 0 Å². The molecule has 0 bridgehead atoms. The molecule has 2 aromatic carbocycles. The molecule has 2 rings (SSSR count). The summed E-state index contributed by atoms with van der Waals surface area (Å²) < 4.78 is 10.9. The van der Waals surface area contributed by atoms with Crippen molar-refractivity contribution in [1.82, 2.24) is 0 Å². The Morgan fingerprint density at radius 3 is 2.48 bits per heavy atom. The molecule has 0 heterocycles. The van der Waals surface area contributed by atoms with Crippen molar-refractivity contribution in [2.45, 2.75) is 33.8 Å². The van der Waals surface area contributed by atoms with E-state index in [9.17, 15) is 0 Å². The Bertz CT molecular complexity index is 733. The predicted octanol–water partition coefficient (Wildman–Crippen LogP) is 4.76. The van der Waals surface area contributed by atoms with E-state index in [1.165, 1.54) is 11.1 Å². The maximum Gasteiger partial charge on any atom is 0.120 e. The van der Waals surface area contributed by atoms with Gasteiger partial charge in [0.05, 0.1) is 6.10 Å². The number of ether oxygens (including phenoxy) is 2. The van der Waals surface area contributed by atoms with Gasteiger partial charge in [-0.25, -0.2) is 0 Å². The van der Waals surface area contributed by atoms with Crippen LogP contribution in [0.1, 0.15) is 30.5 Å². The number of aryl methyl sites for hydroxylation is 2. The monoisotopic (exact) mass is 308 g/mol. The summed E-state index contributed by atoms with van der Waals surface area (Å²) >= 11 is 0. The summed E-state index contributed by atoms with van der Waals surface area (Å²) in [5.74, 6) is 7.14. The molecule has 0 radical (unpaired) electrons. The van der Waals surface area contributed by atoms with Crippen LogP contribution >= 0.6 is 0 Å². The number of benzene rings is 2. The van der Waals surface area contributed by atoms with E-state index in [0.717, 1.165) is 22.4 Å². The topological polar surface area (TPSA) is 18.5 Å². The first-order chi connectivity index (χ1) is 11.0. The molecular formula is C21H24O2. The minimum absolute atomic E-state index is 0.157. The van der Waals surface area contributed by atoms with Crippen LogP contribution in [-0.4, -0.2) is 19.8 Å². The van der Waals surface area contributed by atoms with E-state index in [2.05, 4.69) is 56.0 Å². The van der Waals surface area contributed by atoms with E-state index in [-0.39, 0.29) is 6.10 Å². The normalized spacial score (nSPS) is 10.3. The molecule has 0 aliphatic carbocycles. The maximum absolute atomic E-state index is 5.84. The lowest BCUT2D eigenvalue weighted by atomic mass is 9.94. The third-order valence-corrected chi connectivity index (χ3v) is 3.49. The van der Waals surface area contributed by atoms with Crippen molar-refractivity contribution in [3.63, 3.8) is 0 Å². The van der Waals surface area contributed by atoms with Gasteiger partial charge in [0.25, 0.3) is 0 Å². The lowest BCUT2D eigenvalue weighted by molar-refractivity contribution is 0.240. The minimum atomic E-state index is 0.157. The summed E-state index contributed by atoms with van der Waals surface area (Å²) in [5.41, 5.74) is 5.74. The minimum Gasteiger partial charge on any atom is -0.491 e. The standard InChI is InChI=1S/C21H24O2/c1-15(2)23-19-11-9-17(4)20(14-19)21-13-16(3)8-10-18(21)7-6-12-22-5/h8-11,13-15H,12H2,1-5H3. The third kappa shape index (κ3) is 4.61. The molecule has 23 heavy (non-hydrogen) atoms. The van der Waals surface area contributed by atoms with Gasteiger partial charge in [0, 0.05) is 12.7 Å². The summed E-state index contributed by atoms with van der Waals surface area (Å²) in [7, 11) is 1.65. The van der Waals surface area contributed by atoms with Crippen molar-refractivity contribution >= 4 is 0 Å². The van der Waals surface area contributed by atoms with E-state index >= 15 is 0 Å². The van der Waals surface area contributed by atoms with Gasteiger partial charge in [0.1, 0.15) is 12.4 Å². The molecule has 0 atom stereocenters. The Morgan fingerprint density at radius 1 is 1.00 bits per heavy atom. The average Bonchev–Trinajstić information content (AvgIpc) is 2.50. The molecule has 2 heteroatoms. The van der Waals surface area contributed by atoms with Crippen LogP contribution in [0.25, 0.3) is 11.1 Å². The summed E-state index contributed by atoms with van der Waals surface area (Å²) in [6, 6.07) is 12.6. The first-order valence-electron chi connectivity index (χ1n) is 7.87. The molecule has 0 saturated heterocycles. The lowest BCUT2D eigenvalue weighted by Crippen LogP contribution is -2.05. The van der Waals surface area contributed by atoms with Crippen molar-refractivity contribution in [3.8, 4) is 28.7 Å². The zero-order valence-electron chi connectivity index (χ0n) is 14.6. The molecule has 2 nitrogen and oxygen atoms in total. The van der Waals surface area contributed by atoms with E-state index in [1.807, 2.05) is 19.9 Å². The van der Waals surface area contributed by atoms with Gasteiger partial charge in [-0.1, -0.05) is 35.6 Å². The molecule has 0 N–H and O–H groups in total. The molecule has 0 fully saturated rings. The first kappa shape index (κ1) is 17.1. The fourth-order valence-corrected chi connectivity index (χ4v) is 2.43. The van der Waals surface area contributed by atoms with Crippen LogP contribution in [0.4, 0.5) is 0 Å². The predicted molar refractivity (Wildman–Crippen MR) is 95.9 cm³/mol. The second-order valence-corrected chi connectivity index (χ2v) is 5.93. The van der Waals surface area contributed by atoms with E-state index in [4.69, 9.17) is 9.47 Å². The van der Waals surface area contributed by atoms with Crippen LogP contribution in [0.2, 0.25) is 0 Å². The molecule has 0 amide bonds. The van der Waals surface area contributed by atoms with Gasteiger partial charge in [-0.2, -0.15) is 0 Å². The van der Waals surface area contributed by atoms with Gasteiger partial charge in [0.15, 0.2) is 0 Å². The SMILES string of the molecule is COCC#Cc1ccc(C)cc1-c1cc(OC(C)C)ccc1C. The molecule has 0 unspecified atom stereocenters. The van der Waals surface area contributed by atoms with Crippen molar-refractivity contribution < 1.29 is 9.47 Å². The van der Waals surface area contributed by atoms with E-state index in [1.54, 1.807) is 7.11 Å². The average molecular weight is 308 g/mol. The largest absolute Gasteiger partial charge is 0.491 e. The number of methoxy groups -OCH3 is 1. The highest BCUT2D eigenvalue weighted by Gasteiger charge is 2.09. The van der Waals surface area contributed by atoms with Crippen molar-refractivity contribution in [1.29, 1.82) is 0 Å². The molecule has 0 spiro atoms. The Kier molecular flexibility index (Phi) is 5.84. The van der Waals surface area contributed by atoms with Crippen LogP contribution < -0.4 is 4.74 Å². The summed E-state index contributed by atoms with van der Waals surface area (Å²) in [5, 5.41) is 0. The Labute approximate surface area is 139 Å². The van der Waals surface area contributed by atoms with Crippen LogP contribution in [0.5, 0.6) is 5.75 Å². The fourth-order valence-electron chi connectivity index (χ4n) is 2.43. The quantitative estimate of drug-likeness (QED) is 0.758. The zero-order valence-corrected chi connectivity index (χ0v) is 14.6. The summed E-state index contributed by atoms with van der Waals surface area (Å²) in [6.07, 6.45) is 0.157. The molecule has 120 valence electrons. The van der Waals surface area contributed by atoms with Gasteiger partial charge in [-0.05, 0) is 62.6 Å². The van der Waals surface area contributed by atoms with E-state index < -0.39 is 0 Å². The van der Waals surface area contributed by atoms with Gasteiger partial charge in [-0.15, -0.1) is 0 Å².